The Bertz CT molecular complexity index is 598. The molecule has 17 heavy (non-hydrogen) atoms. The molecule has 0 bridgehead atoms. The molecule has 0 spiro atoms. The number of nitriles is 1. The number of nitrogens with zero attached hydrogens (tertiary/aromatic N) is 4. The largest absolute Gasteiger partial charge is 0.245 e. The predicted octanol–water partition coefficient (Wildman–Crippen LogP) is 2.88. The minimum absolute atomic E-state index is 0.619. The van der Waals surface area contributed by atoms with E-state index in [1.165, 1.54) is 23.3 Å². The smallest absolute Gasteiger partial charge is 0.176 e. The Morgan fingerprint density at radius 3 is 2.65 bits per heavy atom. The lowest BCUT2D eigenvalue weighted by atomic mass is 10.1. The van der Waals surface area contributed by atoms with Crippen LogP contribution in [0.25, 0.3) is 0 Å². The molecule has 0 aliphatic rings. The van der Waals surface area contributed by atoms with E-state index in [1.807, 2.05) is 26.8 Å². The molecular formula is C11H10N4S2. The Balaban J connectivity index is 2.42. The first kappa shape index (κ1) is 12.0. The first-order valence-corrected chi connectivity index (χ1v) is 6.55. The third-order valence-electron chi connectivity index (χ3n) is 2.12. The number of hydrogen-bond acceptors (Lipinski definition) is 6. The SMILES string of the molecule is Cc1cc(C)c(C#N)c(Sc2nc(C)ns2)n1. The van der Waals surface area contributed by atoms with Crippen LogP contribution in [0.5, 0.6) is 0 Å². The predicted molar refractivity (Wildman–Crippen MR) is 67.2 cm³/mol. The highest BCUT2D eigenvalue weighted by Crippen LogP contribution is 2.31. The molecule has 86 valence electrons. The molecule has 0 N–H and O–H groups in total. The van der Waals surface area contributed by atoms with Crippen LogP contribution in [0, 0.1) is 32.1 Å². The van der Waals surface area contributed by atoms with Crippen molar-refractivity contribution >= 4 is 23.3 Å². The Morgan fingerprint density at radius 1 is 1.29 bits per heavy atom. The summed E-state index contributed by atoms with van der Waals surface area (Å²) in [4.78, 5) is 8.65. The van der Waals surface area contributed by atoms with Gasteiger partial charge in [0.15, 0.2) is 4.34 Å². The van der Waals surface area contributed by atoms with Crippen molar-refractivity contribution in [2.45, 2.75) is 30.1 Å². The second-order valence-corrected chi connectivity index (χ2v) is 5.57. The number of aryl methyl sites for hydroxylation is 3. The molecule has 0 unspecified atom stereocenters. The van der Waals surface area contributed by atoms with E-state index in [1.54, 1.807) is 0 Å². The van der Waals surface area contributed by atoms with Gasteiger partial charge in [0.25, 0.3) is 0 Å². The zero-order valence-corrected chi connectivity index (χ0v) is 11.3. The topological polar surface area (TPSA) is 62.5 Å². The van der Waals surface area contributed by atoms with Gasteiger partial charge in [-0.1, -0.05) is 0 Å². The van der Waals surface area contributed by atoms with E-state index in [2.05, 4.69) is 20.4 Å². The first-order chi connectivity index (χ1) is 8.10. The molecule has 0 aliphatic carbocycles. The average molecular weight is 262 g/mol. The number of aromatic nitrogens is 3. The van der Waals surface area contributed by atoms with Gasteiger partial charge >= 0.3 is 0 Å². The summed E-state index contributed by atoms with van der Waals surface area (Å²) in [6.45, 7) is 5.69. The highest BCUT2D eigenvalue weighted by molar-refractivity contribution is 8.00. The van der Waals surface area contributed by atoms with Crippen LogP contribution in [-0.4, -0.2) is 14.3 Å². The molecular weight excluding hydrogens is 252 g/mol. The number of pyridine rings is 1. The van der Waals surface area contributed by atoms with Crippen molar-refractivity contribution in [3.05, 3.63) is 28.7 Å². The number of rotatable bonds is 2. The Labute approximate surface area is 108 Å². The van der Waals surface area contributed by atoms with Gasteiger partial charge in [0.1, 0.15) is 16.9 Å². The fourth-order valence-electron chi connectivity index (χ4n) is 1.41. The van der Waals surface area contributed by atoms with Gasteiger partial charge in [-0.3, -0.25) is 0 Å². The van der Waals surface area contributed by atoms with E-state index < -0.39 is 0 Å². The second-order valence-electron chi connectivity index (χ2n) is 3.58. The van der Waals surface area contributed by atoms with Crippen LogP contribution < -0.4 is 0 Å². The maximum atomic E-state index is 9.14. The summed E-state index contributed by atoms with van der Waals surface area (Å²) in [6.07, 6.45) is 0. The Hall–Kier alpha value is -1.45. The zero-order chi connectivity index (χ0) is 12.4. The van der Waals surface area contributed by atoms with Gasteiger partial charge < -0.3 is 0 Å². The second kappa shape index (κ2) is 4.82. The van der Waals surface area contributed by atoms with Crippen LogP contribution >= 0.6 is 23.3 Å². The van der Waals surface area contributed by atoms with E-state index in [0.717, 1.165) is 21.4 Å². The molecule has 0 radical (unpaired) electrons. The number of hydrogen-bond donors (Lipinski definition) is 0. The summed E-state index contributed by atoms with van der Waals surface area (Å²) in [5.41, 5.74) is 2.47. The van der Waals surface area contributed by atoms with Gasteiger partial charge in [0, 0.05) is 5.69 Å². The molecule has 0 fully saturated rings. The summed E-state index contributed by atoms with van der Waals surface area (Å²) in [6, 6.07) is 4.10. The maximum absolute atomic E-state index is 9.14. The monoisotopic (exact) mass is 262 g/mol. The molecule has 0 aromatic carbocycles. The van der Waals surface area contributed by atoms with Crippen molar-refractivity contribution < 1.29 is 0 Å². The summed E-state index contributed by atoms with van der Waals surface area (Å²) >= 11 is 2.73. The van der Waals surface area contributed by atoms with E-state index in [4.69, 9.17) is 5.26 Å². The summed E-state index contributed by atoms with van der Waals surface area (Å²) in [7, 11) is 0. The molecule has 0 amide bonds. The van der Waals surface area contributed by atoms with Gasteiger partial charge in [-0.15, -0.1) is 0 Å². The fraction of sp³-hybridized carbons (Fsp3) is 0.273. The molecule has 4 nitrogen and oxygen atoms in total. The first-order valence-electron chi connectivity index (χ1n) is 4.96. The highest BCUT2D eigenvalue weighted by Gasteiger charge is 2.12. The summed E-state index contributed by atoms with van der Waals surface area (Å²) in [5.74, 6) is 0.750. The van der Waals surface area contributed by atoms with Gasteiger partial charge in [0.2, 0.25) is 0 Å². The Kier molecular flexibility index (Phi) is 3.41. The summed E-state index contributed by atoms with van der Waals surface area (Å²) in [5, 5.41) is 9.85. The van der Waals surface area contributed by atoms with Crippen molar-refractivity contribution in [2.75, 3.05) is 0 Å². The van der Waals surface area contributed by atoms with Crippen LogP contribution in [0.2, 0.25) is 0 Å². The minimum atomic E-state index is 0.619. The van der Waals surface area contributed by atoms with Crippen LogP contribution in [0.15, 0.2) is 15.4 Å². The quantitative estimate of drug-likeness (QED) is 0.832. The van der Waals surface area contributed by atoms with Gasteiger partial charge in [0.05, 0.1) is 5.56 Å². The average Bonchev–Trinajstić information content (AvgIpc) is 2.63. The lowest BCUT2D eigenvalue weighted by Gasteiger charge is -2.04. The molecule has 6 heteroatoms. The van der Waals surface area contributed by atoms with E-state index >= 15 is 0 Å². The van der Waals surface area contributed by atoms with E-state index in [9.17, 15) is 0 Å². The fourth-order valence-corrected chi connectivity index (χ4v) is 3.18. The maximum Gasteiger partial charge on any atom is 0.176 e. The van der Waals surface area contributed by atoms with Crippen molar-refractivity contribution in [1.82, 2.24) is 14.3 Å². The normalized spacial score (nSPS) is 10.2. The molecule has 0 atom stereocenters. The summed E-state index contributed by atoms with van der Waals surface area (Å²) < 4.78 is 4.93. The van der Waals surface area contributed by atoms with Crippen molar-refractivity contribution in [3.63, 3.8) is 0 Å². The van der Waals surface area contributed by atoms with Gasteiger partial charge in [-0.2, -0.15) is 9.64 Å². The van der Waals surface area contributed by atoms with Crippen LogP contribution in [0.4, 0.5) is 0 Å². The van der Waals surface area contributed by atoms with Crippen LogP contribution in [-0.2, 0) is 0 Å². The van der Waals surface area contributed by atoms with E-state index in [0.29, 0.717) is 10.6 Å². The third kappa shape index (κ3) is 2.62. The molecule has 2 rings (SSSR count). The third-order valence-corrected chi connectivity index (χ3v) is 3.95. The highest BCUT2D eigenvalue weighted by atomic mass is 32.2. The molecule has 0 saturated heterocycles. The van der Waals surface area contributed by atoms with E-state index in [-0.39, 0.29) is 0 Å². The standard InChI is InChI=1S/C11H10N4S2/c1-6-4-7(2)13-10(9(6)5-12)16-11-14-8(3)15-17-11/h4H,1-3H3. The van der Waals surface area contributed by atoms with Crippen LogP contribution in [0.1, 0.15) is 22.6 Å². The molecule has 2 aromatic heterocycles. The van der Waals surface area contributed by atoms with Crippen molar-refractivity contribution in [1.29, 1.82) is 5.26 Å². The van der Waals surface area contributed by atoms with Crippen LogP contribution in [0.3, 0.4) is 0 Å². The van der Waals surface area contributed by atoms with Crippen molar-refractivity contribution in [3.8, 4) is 6.07 Å². The van der Waals surface area contributed by atoms with Crippen molar-refractivity contribution in [2.24, 2.45) is 0 Å². The van der Waals surface area contributed by atoms with Gasteiger partial charge in [-0.25, -0.2) is 9.97 Å². The molecule has 0 aliphatic heterocycles. The molecule has 0 saturated carbocycles. The lowest BCUT2D eigenvalue weighted by Crippen LogP contribution is -1.93. The zero-order valence-electron chi connectivity index (χ0n) is 9.68. The molecule has 2 aromatic rings. The van der Waals surface area contributed by atoms with Gasteiger partial charge in [-0.05, 0) is 55.7 Å². The Morgan fingerprint density at radius 2 is 2.06 bits per heavy atom. The molecule has 2 heterocycles. The minimum Gasteiger partial charge on any atom is -0.245 e. The lowest BCUT2D eigenvalue weighted by molar-refractivity contribution is 1.02.